The molecule has 1 aliphatic heterocycles. The number of thioether (sulfide) groups is 1. The summed E-state index contributed by atoms with van der Waals surface area (Å²) in [6.45, 7) is 0. The zero-order chi connectivity index (χ0) is 11.7. The van der Waals surface area contributed by atoms with E-state index in [1.165, 1.54) is 28.9 Å². The highest BCUT2D eigenvalue weighted by atomic mass is 32.2. The van der Waals surface area contributed by atoms with Gasteiger partial charge in [0.15, 0.2) is 0 Å². The number of rotatable bonds is 2. The molecule has 0 N–H and O–H groups in total. The standard InChI is InChI=1S/C14H15NOS/c16-10-15-14(7-1-2-8-14)12-4-3-5-13-11(12)6-9-17-13/h3-5H,1-2,6-9H2. The van der Waals surface area contributed by atoms with Gasteiger partial charge in [0.1, 0.15) is 0 Å². The summed E-state index contributed by atoms with van der Waals surface area (Å²) in [5, 5.41) is 0. The molecule has 0 spiro atoms. The van der Waals surface area contributed by atoms with E-state index in [0.29, 0.717) is 0 Å². The van der Waals surface area contributed by atoms with E-state index >= 15 is 0 Å². The average molecular weight is 245 g/mol. The highest BCUT2D eigenvalue weighted by Crippen LogP contribution is 2.46. The van der Waals surface area contributed by atoms with Gasteiger partial charge in [-0.05, 0) is 36.5 Å². The fourth-order valence-electron chi connectivity index (χ4n) is 3.15. The third-order valence-electron chi connectivity index (χ3n) is 3.93. The van der Waals surface area contributed by atoms with Crippen LogP contribution in [0, 0.1) is 0 Å². The summed E-state index contributed by atoms with van der Waals surface area (Å²) in [4.78, 5) is 16.3. The molecule has 2 aliphatic rings. The Bertz CT molecular complexity index is 485. The molecule has 0 aromatic heterocycles. The van der Waals surface area contributed by atoms with E-state index in [4.69, 9.17) is 0 Å². The largest absolute Gasteiger partial charge is 0.235 e. The Hall–Kier alpha value is -1.05. The fourth-order valence-corrected chi connectivity index (χ4v) is 4.23. The first kappa shape index (κ1) is 11.1. The normalized spacial score (nSPS) is 20.9. The van der Waals surface area contributed by atoms with Crippen LogP contribution in [0.2, 0.25) is 0 Å². The molecule has 2 nitrogen and oxygen atoms in total. The van der Waals surface area contributed by atoms with E-state index in [-0.39, 0.29) is 5.54 Å². The lowest BCUT2D eigenvalue weighted by Gasteiger charge is -2.25. The molecule has 1 fully saturated rings. The molecule has 0 saturated heterocycles. The number of hydrogen-bond acceptors (Lipinski definition) is 3. The van der Waals surface area contributed by atoms with E-state index in [2.05, 4.69) is 23.2 Å². The number of benzene rings is 1. The maximum Gasteiger partial charge on any atom is 0.235 e. The summed E-state index contributed by atoms with van der Waals surface area (Å²) in [7, 11) is 0. The summed E-state index contributed by atoms with van der Waals surface area (Å²) in [5.41, 5.74) is 2.47. The Balaban J connectivity index is 2.14. The minimum Gasteiger partial charge on any atom is -0.211 e. The second-order valence-corrected chi connectivity index (χ2v) is 5.96. The molecule has 0 atom stereocenters. The topological polar surface area (TPSA) is 29.4 Å². The van der Waals surface area contributed by atoms with Gasteiger partial charge in [0.2, 0.25) is 6.08 Å². The van der Waals surface area contributed by atoms with E-state index in [0.717, 1.165) is 25.0 Å². The van der Waals surface area contributed by atoms with Crippen LogP contribution in [0.1, 0.15) is 36.8 Å². The van der Waals surface area contributed by atoms with Gasteiger partial charge in [-0.1, -0.05) is 25.0 Å². The molecule has 0 amide bonds. The highest BCUT2D eigenvalue weighted by Gasteiger charge is 2.38. The number of aliphatic imine (C=N–C) groups is 1. The monoisotopic (exact) mass is 245 g/mol. The summed E-state index contributed by atoms with van der Waals surface area (Å²) in [6.07, 6.45) is 7.27. The number of carbonyl (C=O) groups excluding carboxylic acids is 1. The Morgan fingerprint density at radius 3 is 2.88 bits per heavy atom. The first-order valence-corrected chi connectivity index (χ1v) is 7.18. The van der Waals surface area contributed by atoms with Crippen LogP contribution in [0.5, 0.6) is 0 Å². The number of hydrogen-bond donors (Lipinski definition) is 0. The quantitative estimate of drug-likeness (QED) is 0.590. The lowest BCUT2D eigenvalue weighted by Crippen LogP contribution is -2.21. The SMILES string of the molecule is O=C=NC1(c2cccc3c2CCS3)CCCC1. The van der Waals surface area contributed by atoms with Crippen LogP contribution in [0.25, 0.3) is 0 Å². The molecule has 1 heterocycles. The van der Waals surface area contributed by atoms with Gasteiger partial charge >= 0.3 is 0 Å². The van der Waals surface area contributed by atoms with Gasteiger partial charge in [0.05, 0.1) is 5.54 Å². The van der Waals surface area contributed by atoms with Gasteiger partial charge in [-0.25, -0.2) is 4.79 Å². The Labute approximate surface area is 106 Å². The second-order valence-electron chi connectivity index (χ2n) is 4.82. The van der Waals surface area contributed by atoms with Crippen molar-refractivity contribution in [3.05, 3.63) is 29.3 Å². The van der Waals surface area contributed by atoms with Gasteiger partial charge in [-0.15, -0.1) is 11.8 Å². The van der Waals surface area contributed by atoms with Crippen molar-refractivity contribution in [3.8, 4) is 0 Å². The smallest absolute Gasteiger partial charge is 0.211 e. The van der Waals surface area contributed by atoms with Crippen LogP contribution >= 0.6 is 11.8 Å². The van der Waals surface area contributed by atoms with Crippen molar-refractivity contribution >= 4 is 17.8 Å². The average Bonchev–Trinajstić information content (AvgIpc) is 2.97. The Kier molecular flexibility index (Phi) is 2.81. The Morgan fingerprint density at radius 1 is 1.29 bits per heavy atom. The molecular formula is C14H15NOS. The van der Waals surface area contributed by atoms with Crippen molar-refractivity contribution in [2.45, 2.75) is 42.5 Å². The third-order valence-corrected chi connectivity index (χ3v) is 5.04. The Morgan fingerprint density at radius 2 is 2.12 bits per heavy atom. The first-order valence-electron chi connectivity index (χ1n) is 6.20. The van der Waals surface area contributed by atoms with Gasteiger partial charge in [-0.2, -0.15) is 4.99 Å². The molecule has 1 aliphatic carbocycles. The summed E-state index contributed by atoms with van der Waals surface area (Å²) < 4.78 is 0. The van der Waals surface area contributed by atoms with Gasteiger partial charge < -0.3 is 0 Å². The van der Waals surface area contributed by atoms with Gasteiger partial charge in [0, 0.05) is 10.6 Å². The van der Waals surface area contributed by atoms with Crippen molar-refractivity contribution in [1.82, 2.24) is 0 Å². The van der Waals surface area contributed by atoms with E-state index < -0.39 is 0 Å². The molecule has 88 valence electrons. The predicted molar refractivity (Wildman–Crippen MR) is 69.1 cm³/mol. The second kappa shape index (κ2) is 4.32. The highest BCUT2D eigenvalue weighted by molar-refractivity contribution is 7.99. The van der Waals surface area contributed by atoms with Crippen molar-refractivity contribution in [1.29, 1.82) is 0 Å². The molecule has 0 unspecified atom stereocenters. The van der Waals surface area contributed by atoms with Crippen molar-refractivity contribution < 1.29 is 4.79 Å². The number of fused-ring (bicyclic) bond motifs is 1. The van der Waals surface area contributed by atoms with Gasteiger partial charge in [-0.3, -0.25) is 0 Å². The molecule has 1 aromatic carbocycles. The lowest BCUT2D eigenvalue weighted by molar-refractivity contribution is 0.451. The predicted octanol–water partition coefficient (Wildman–Crippen LogP) is 3.44. The van der Waals surface area contributed by atoms with Crippen LogP contribution in [-0.4, -0.2) is 11.8 Å². The lowest BCUT2D eigenvalue weighted by atomic mass is 9.85. The molecule has 3 rings (SSSR count). The van der Waals surface area contributed by atoms with Crippen molar-refractivity contribution in [2.24, 2.45) is 4.99 Å². The molecular weight excluding hydrogens is 230 g/mol. The molecule has 1 saturated carbocycles. The van der Waals surface area contributed by atoms with Crippen LogP contribution in [-0.2, 0) is 16.8 Å². The van der Waals surface area contributed by atoms with Crippen LogP contribution in [0.4, 0.5) is 0 Å². The van der Waals surface area contributed by atoms with E-state index in [1.807, 2.05) is 17.8 Å². The molecule has 1 aromatic rings. The van der Waals surface area contributed by atoms with Crippen LogP contribution in [0.15, 0.2) is 28.1 Å². The molecule has 0 radical (unpaired) electrons. The van der Waals surface area contributed by atoms with Crippen molar-refractivity contribution in [3.63, 3.8) is 0 Å². The zero-order valence-corrected chi connectivity index (χ0v) is 10.6. The summed E-state index contributed by atoms with van der Waals surface area (Å²) in [5.74, 6) is 1.16. The van der Waals surface area contributed by atoms with E-state index in [9.17, 15) is 4.79 Å². The summed E-state index contributed by atoms with van der Waals surface area (Å²) in [6, 6.07) is 6.45. The third kappa shape index (κ3) is 1.74. The van der Waals surface area contributed by atoms with Crippen molar-refractivity contribution in [2.75, 3.05) is 5.75 Å². The van der Waals surface area contributed by atoms with Crippen LogP contribution < -0.4 is 0 Å². The van der Waals surface area contributed by atoms with Crippen LogP contribution in [0.3, 0.4) is 0 Å². The maximum atomic E-state index is 10.7. The molecule has 0 bridgehead atoms. The molecule has 17 heavy (non-hydrogen) atoms. The molecule has 3 heteroatoms. The minimum atomic E-state index is -0.252. The fraction of sp³-hybridized carbons (Fsp3) is 0.500. The summed E-state index contributed by atoms with van der Waals surface area (Å²) >= 11 is 1.92. The number of isocyanates is 1. The minimum absolute atomic E-state index is 0.252. The van der Waals surface area contributed by atoms with Gasteiger partial charge in [0.25, 0.3) is 0 Å². The maximum absolute atomic E-state index is 10.7. The first-order chi connectivity index (χ1) is 8.36. The number of nitrogens with zero attached hydrogens (tertiary/aromatic N) is 1. The van der Waals surface area contributed by atoms with E-state index in [1.54, 1.807) is 0 Å². The zero-order valence-electron chi connectivity index (χ0n) is 9.74.